The Kier molecular flexibility index (Phi) is 3.76. The fourth-order valence-corrected chi connectivity index (χ4v) is 2.30. The molecule has 1 heterocycles. The Morgan fingerprint density at radius 2 is 1.83 bits per heavy atom. The molecule has 0 fully saturated rings. The van der Waals surface area contributed by atoms with Gasteiger partial charge in [-0.05, 0) is 38.5 Å². The van der Waals surface area contributed by atoms with E-state index in [1.165, 1.54) is 5.56 Å². The van der Waals surface area contributed by atoms with E-state index >= 15 is 0 Å². The molecule has 0 spiro atoms. The molecule has 96 valence electrons. The van der Waals surface area contributed by atoms with Gasteiger partial charge in [0.2, 0.25) is 0 Å². The van der Waals surface area contributed by atoms with Crippen LogP contribution in [0.2, 0.25) is 0 Å². The third kappa shape index (κ3) is 2.58. The van der Waals surface area contributed by atoms with Crippen molar-refractivity contribution in [2.24, 2.45) is 7.05 Å². The first kappa shape index (κ1) is 13.1. The number of anilines is 1. The molecule has 0 aliphatic heterocycles. The maximum absolute atomic E-state index is 4.42. The number of rotatable bonds is 3. The van der Waals surface area contributed by atoms with Gasteiger partial charge < -0.3 is 5.32 Å². The quantitative estimate of drug-likeness (QED) is 0.929. The average Bonchev–Trinajstić information content (AvgIpc) is 2.57. The minimum absolute atomic E-state index is 0.264. The Hall–Kier alpha value is -1.29. The third-order valence-electron chi connectivity index (χ3n) is 3.24. The van der Waals surface area contributed by atoms with Crippen LogP contribution < -0.4 is 5.32 Å². The normalized spacial score (nSPS) is 12.5. The highest BCUT2D eigenvalue weighted by molar-refractivity contribution is 9.10. The Morgan fingerprint density at radius 3 is 2.33 bits per heavy atom. The second kappa shape index (κ2) is 5.14. The van der Waals surface area contributed by atoms with Gasteiger partial charge in [0, 0.05) is 17.6 Å². The Morgan fingerprint density at radius 1 is 1.22 bits per heavy atom. The van der Waals surface area contributed by atoms with E-state index in [0.717, 1.165) is 21.5 Å². The zero-order valence-corrected chi connectivity index (χ0v) is 12.7. The summed E-state index contributed by atoms with van der Waals surface area (Å²) in [6.45, 7) is 6.27. The lowest BCUT2D eigenvalue weighted by atomic mass is 10.1. The minimum Gasteiger partial charge on any atom is -0.376 e. The molecule has 1 N–H and O–H groups in total. The lowest BCUT2D eigenvalue weighted by Crippen LogP contribution is -2.08. The highest BCUT2D eigenvalue weighted by atomic mass is 79.9. The highest BCUT2D eigenvalue weighted by Gasteiger charge is 2.12. The fourth-order valence-electron chi connectivity index (χ4n) is 2.03. The third-order valence-corrected chi connectivity index (χ3v) is 3.77. The summed E-state index contributed by atoms with van der Waals surface area (Å²) in [7, 11) is 1.97. The molecule has 2 rings (SSSR count). The molecule has 0 bridgehead atoms. The molecule has 18 heavy (non-hydrogen) atoms. The molecule has 1 atom stereocenters. The van der Waals surface area contributed by atoms with Crippen LogP contribution in [0.25, 0.3) is 0 Å². The average molecular weight is 308 g/mol. The summed E-state index contributed by atoms with van der Waals surface area (Å²) in [4.78, 5) is 0. The van der Waals surface area contributed by atoms with Crippen molar-refractivity contribution in [2.45, 2.75) is 26.8 Å². The van der Waals surface area contributed by atoms with E-state index in [9.17, 15) is 0 Å². The molecule has 4 heteroatoms. The van der Waals surface area contributed by atoms with Crippen molar-refractivity contribution in [3.63, 3.8) is 0 Å². The molecule has 0 radical (unpaired) electrons. The zero-order chi connectivity index (χ0) is 13.3. The second-order valence-electron chi connectivity index (χ2n) is 4.59. The minimum atomic E-state index is 0.264. The monoisotopic (exact) mass is 307 g/mol. The van der Waals surface area contributed by atoms with Crippen molar-refractivity contribution in [3.05, 3.63) is 45.7 Å². The van der Waals surface area contributed by atoms with E-state index in [4.69, 9.17) is 0 Å². The molecular weight excluding hydrogens is 290 g/mol. The Bertz CT molecular complexity index is 543. The van der Waals surface area contributed by atoms with Gasteiger partial charge in [0.1, 0.15) is 0 Å². The van der Waals surface area contributed by atoms with Gasteiger partial charge in [-0.1, -0.05) is 28.1 Å². The van der Waals surface area contributed by atoms with Crippen molar-refractivity contribution in [1.82, 2.24) is 9.78 Å². The summed E-state index contributed by atoms with van der Waals surface area (Å²) in [5, 5.41) is 7.95. The molecular formula is C14H18BrN3. The molecule has 2 aromatic rings. The summed E-state index contributed by atoms with van der Waals surface area (Å²) in [5.74, 6) is 0. The summed E-state index contributed by atoms with van der Waals surface area (Å²) in [5.41, 5.74) is 4.60. The summed E-state index contributed by atoms with van der Waals surface area (Å²) in [6, 6.07) is 8.65. The largest absolute Gasteiger partial charge is 0.376 e. The molecule has 0 saturated heterocycles. The molecule has 3 nitrogen and oxygen atoms in total. The number of hydrogen-bond acceptors (Lipinski definition) is 2. The Balaban J connectivity index is 2.21. The van der Waals surface area contributed by atoms with Crippen LogP contribution in [0.3, 0.4) is 0 Å². The first-order valence-electron chi connectivity index (χ1n) is 6.01. The van der Waals surface area contributed by atoms with Gasteiger partial charge >= 0.3 is 0 Å². The van der Waals surface area contributed by atoms with Crippen LogP contribution in [0.1, 0.15) is 29.9 Å². The number of aromatic nitrogens is 2. The van der Waals surface area contributed by atoms with Gasteiger partial charge in [-0.3, -0.25) is 4.68 Å². The van der Waals surface area contributed by atoms with E-state index < -0.39 is 0 Å². The van der Waals surface area contributed by atoms with E-state index in [-0.39, 0.29) is 6.04 Å². The zero-order valence-electron chi connectivity index (χ0n) is 11.2. The van der Waals surface area contributed by atoms with Crippen LogP contribution in [0.4, 0.5) is 5.69 Å². The van der Waals surface area contributed by atoms with Crippen molar-refractivity contribution < 1.29 is 0 Å². The molecule has 1 aromatic heterocycles. The lowest BCUT2D eigenvalue weighted by Gasteiger charge is -2.16. The van der Waals surface area contributed by atoms with Gasteiger partial charge in [-0.25, -0.2) is 0 Å². The van der Waals surface area contributed by atoms with E-state index in [1.807, 2.05) is 18.7 Å². The van der Waals surface area contributed by atoms with Crippen LogP contribution in [0.15, 0.2) is 28.7 Å². The summed E-state index contributed by atoms with van der Waals surface area (Å²) >= 11 is 3.45. The second-order valence-corrected chi connectivity index (χ2v) is 5.50. The van der Waals surface area contributed by atoms with Crippen molar-refractivity contribution in [1.29, 1.82) is 0 Å². The van der Waals surface area contributed by atoms with E-state index in [1.54, 1.807) is 0 Å². The molecule has 1 aromatic carbocycles. The fraction of sp³-hybridized carbons (Fsp3) is 0.357. The smallest absolute Gasteiger partial charge is 0.0828 e. The number of halogens is 1. The topological polar surface area (TPSA) is 29.9 Å². The first-order valence-corrected chi connectivity index (χ1v) is 6.80. The van der Waals surface area contributed by atoms with Gasteiger partial charge in [-0.15, -0.1) is 0 Å². The molecule has 0 aliphatic carbocycles. The predicted octanol–water partition coefficient (Wildman–Crippen LogP) is 3.97. The van der Waals surface area contributed by atoms with Gasteiger partial charge in [0.25, 0.3) is 0 Å². The molecule has 0 aliphatic rings. The standard InChI is InChI=1S/C14H18BrN3/c1-9(12-5-7-13(15)8-6-12)16-14-10(2)17-18(4)11(14)3/h5-9,16H,1-4H3. The number of nitrogens with zero attached hydrogens (tertiary/aromatic N) is 2. The number of nitrogens with one attached hydrogen (secondary N) is 1. The van der Waals surface area contributed by atoms with E-state index in [2.05, 4.69) is 64.5 Å². The number of aryl methyl sites for hydroxylation is 2. The van der Waals surface area contributed by atoms with Crippen molar-refractivity contribution in [2.75, 3.05) is 5.32 Å². The maximum Gasteiger partial charge on any atom is 0.0828 e. The number of hydrogen-bond donors (Lipinski definition) is 1. The van der Waals surface area contributed by atoms with Crippen LogP contribution in [-0.2, 0) is 7.05 Å². The van der Waals surface area contributed by atoms with Crippen molar-refractivity contribution >= 4 is 21.6 Å². The summed E-state index contributed by atoms with van der Waals surface area (Å²) in [6.07, 6.45) is 0. The van der Waals surface area contributed by atoms with Gasteiger partial charge in [0.15, 0.2) is 0 Å². The SMILES string of the molecule is Cc1nn(C)c(C)c1NC(C)c1ccc(Br)cc1. The van der Waals surface area contributed by atoms with E-state index in [0.29, 0.717) is 0 Å². The molecule has 1 unspecified atom stereocenters. The van der Waals surface area contributed by atoms with Crippen LogP contribution >= 0.6 is 15.9 Å². The highest BCUT2D eigenvalue weighted by Crippen LogP contribution is 2.25. The van der Waals surface area contributed by atoms with Crippen molar-refractivity contribution in [3.8, 4) is 0 Å². The molecule has 0 amide bonds. The predicted molar refractivity (Wildman–Crippen MR) is 78.9 cm³/mol. The van der Waals surface area contributed by atoms with Crippen LogP contribution in [0, 0.1) is 13.8 Å². The van der Waals surface area contributed by atoms with Crippen LogP contribution in [0.5, 0.6) is 0 Å². The van der Waals surface area contributed by atoms with Crippen LogP contribution in [-0.4, -0.2) is 9.78 Å². The molecule has 0 saturated carbocycles. The maximum atomic E-state index is 4.42. The summed E-state index contributed by atoms with van der Waals surface area (Å²) < 4.78 is 3.01. The van der Waals surface area contributed by atoms with Gasteiger partial charge in [0.05, 0.1) is 17.1 Å². The van der Waals surface area contributed by atoms with Gasteiger partial charge in [-0.2, -0.15) is 5.10 Å². The lowest BCUT2D eigenvalue weighted by molar-refractivity contribution is 0.731. The Labute approximate surface area is 116 Å². The number of benzene rings is 1. The first-order chi connectivity index (χ1) is 8.49.